The van der Waals surface area contributed by atoms with Crippen LogP contribution in [0.1, 0.15) is 131 Å². The summed E-state index contributed by atoms with van der Waals surface area (Å²) in [5.74, 6) is 0. The Morgan fingerprint density at radius 3 is 0.458 bits per heavy atom. The first kappa shape index (κ1) is 51.5. The molecule has 0 saturated carbocycles. The van der Waals surface area contributed by atoms with Gasteiger partial charge in [-0.3, -0.25) is 0 Å². The van der Waals surface area contributed by atoms with Gasteiger partial charge in [0.15, 0.2) is 0 Å². The number of hydrogen-bond acceptors (Lipinski definition) is 0. The zero-order chi connectivity index (χ0) is 36.4. The topological polar surface area (TPSA) is 0 Å². The van der Waals surface area contributed by atoms with Crippen LogP contribution >= 0.6 is 0 Å². The predicted molar refractivity (Wildman–Crippen MR) is 209 cm³/mol. The molecule has 0 N–H and O–H groups in total. The van der Waals surface area contributed by atoms with E-state index >= 15 is 0 Å². The first-order chi connectivity index (χ1) is 21.5. The number of hydrogen-bond donors (Lipinski definition) is 0. The smallest absolute Gasteiger partial charge is 0 e. The molecule has 2 radical (unpaired) electrons. The van der Waals surface area contributed by atoms with Gasteiger partial charge in [-0.05, 0) is 0 Å². The molecule has 0 aliphatic rings. The molecule has 0 atom stereocenters. The summed E-state index contributed by atoms with van der Waals surface area (Å²) in [5.41, 5.74) is 26.1. The third-order valence-electron chi connectivity index (χ3n) is 10.0. The van der Waals surface area contributed by atoms with Crippen LogP contribution in [-0.4, -0.2) is 0 Å². The van der Waals surface area contributed by atoms with E-state index in [4.69, 9.17) is 0 Å². The van der Waals surface area contributed by atoms with Crippen LogP contribution in [0.5, 0.6) is 0 Å². The van der Waals surface area contributed by atoms with E-state index in [0.717, 1.165) is 0 Å². The van der Waals surface area contributed by atoms with Crippen molar-refractivity contribution in [3.63, 3.8) is 0 Å². The fourth-order valence-electron chi connectivity index (χ4n) is 5.50. The third kappa shape index (κ3) is 11.6. The molecule has 48 heavy (non-hydrogen) atoms. The number of aryl methyl sites for hydroxylation is 4. The molecule has 0 unspecified atom stereocenters. The molecule has 4 aromatic rings. The summed E-state index contributed by atoms with van der Waals surface area (Å²) >= 11 is 0. The Balaban J connectivity index is -0.000000704. The summed E-state index contributed by atoms with van der Waals surface area (Å²) in [5, 5.41) is 0. The molecule has 0 fully saturated rings. The fourth-order valence-corrected chi connectivity index (χ4v) is 5.50. The molecular formula is C46H66Y2-4. The molecule has 0 aromatic heterocycles. The van der Waals surface area contributed by atoms with Crippen molar-refractivity contribution in [2.75, 3.05) is 0 Å². The van der Waals surface area contributed by atoms with E-state index in [0.29, 0.717) is 0 Å². The maximum Gasteiger partial charge on any atom is 0 e. The van der Waals surface area contributed by atoms with E-state index in [1.807, 2.05) is 41.5 Å². The van der Waals surface area contributed by atoms with Gasteiger partial charge in [-0.25, -0.2) is 22.3 Å². The van der Waals surface area contributed by atoms with Crippen molar-refractivity contribution in [2.45, 2.75) is 152 Å². The van der Waals surface area contributed by atoms with Gasteiger partial charge in [0.2, 0.25) is 0 Å². The van der Waals surface area contributed by atoms with Gasteiger partial charge in [-0.15, -0.1) is 66.8 Å². The Labute approximate surface area is 349 Å². The average molecular weight is 797 g/mol. The molecule has 2 heteroatoms. The van der Waals surface area contributed by atoms with Crippen molar-refractivity contribution < 1.29 is 65.4 Å². The Morgan fingerprint density at radius 2 is 0.333 bits per heavy atom. The molecule has 4 rings (SSSR count). The molecule has 0 bridgehead atoms. The van der Waals surface area contributed by atoms with Gasteiger partial charge in [-0.2, -0.15) is 46.5 Å². The Morgan fingerprint density at radius 1 is 0.208 bits per heavy atom. The summed E-state index contributed by atoms with van der Waals surface area (Å²) < 4.78 is 0. The van der Waals surface area contributed by atoms with Crippen LogP contribution in [0.25, 0.3) is 22.3 Å². The first-order valence-corrected chi connectivity index (χ1v) is 17.5. The standard InChI is InChI=1S/2C20H24.3C2H6.2Y/c2*1-11-9-19(17(7)15(5)13(11)3)20-10-12(2)14(4)16(6)18(20)8;3*1-2;;/h2*1-8H3;3*1-2H3;;/q2*-2;;;;;. The third-order valence-corrected chi connectivity index (χ3v) is 10.0. The SMILES string of the molecule is CC.CC.CC.Cc1[c-]c(-c2[c-]c(C)c(C)c(C)c2C)c(C)c(C)c1C.Cc1[c-]c(-c2[c-]c(C)c(C)c(C)c2C)c(C)c(C)c1C.[Y].[Y]. The van der Waals surface area contributed by atoms with Gasteiger partial charge in [-0.1, -0.05) is 152 Å². The van der Waals surface area contributed by atoms with E-state index in [2.05, 4.69) is 135 Å². The van der Waals surface area contributed by atoms with E-state index in [9.17, 15) is 0 Å². The van der Waals surface area contributed by atoms with Crippen LogP contribution in [0.3, 0.4) is 0 Å². The van der Waals surface area contributed by atoms with Crippen LogP contribution < -0.4 is 0 Å². The first-order valence-electron chi connectivity index (χ1n) is 17.5. The molecule has 0 aliphatic carbocycles. The average Bonchev–Trinajstić information content (AvgIpc) is 3.07. The summed E-state index contributed by atoms with van der Waals surface area (Å²) in [6.45, 7) is 46.9. The minimum atomic E-state index is 0. The normalized spacial score (nSPS) is 9.54. The Bertz CT molecular complexity index is 1390. The van der Waals surface area contributed by atoms with Crippen LogP contribution in [0.15, 0.2) is 0 Å². The van der Waals surface area contributed by atoms with E-state index < -0.39 is 0 Å². The summed E-state index contributed by atoms with van der Waals surface area (Å²) in [6.07, 6.45) is 0. The van der Waals surface area contributed by atoms with Gasteiger partial charge in [0.05, 0.1) is 0 Å². The molecule has 0 nitrogen and oxygen atoms in total. The van der Waals surface area contributed by atoms with E-state index in [-0.39, 0.29) is 65.4 Å². The minimum absolute atomic E-state index is 0. The second-order valence-electron chi connectivity index (χ2n) is 12.0. The number of benzene rings is 4. The minimum Gasteiger partial charge on any atom is -0.223 e. The van der Waals surface area contributed by atoms with Crippen LogP contribution in [0, 0.1) is 135 Å². The van der Waals surface area contributed by atoms with E-state index in [1.54, 1.807) is 0 Å². The largest absolute Gasteiger partial charge is 0.223 e. The molecule has 0 saturated heterocycles. The van der Waals surface area contributed by atoms with Crippen LogP contribution in [-0.2, 0) is 65.4 Å². The quantitative estimate of drug-likeness (QED) is 0.177. The molecule has 0 heterocycles. The van der Waals surface area contributed by atoms with E-state index in [1.165, 1.54) is 111 Å². The van der Waals surface area contributed by atoms with Crippen molar-refractivity contribution in [3.05, 3.63) is 113 Å². The molecule has 4 aromatic carbocycles. The monoisotopic (exact) mass is 796 g/mol. The Hall–Kier alpha value is -0.912. The molecule has 0 spiro atoms. The maximum absolute atomic E-state index is 3.58. The van der Waals surface area contributed by atoms with Gasteiger partial charge < -0.3 is 0 Å². The second kappa shape index (κ2) is 23.5. The molecule has 260 valence electrons. The van der Waals surface area contributed by atoms with Crippen molar-refractivity contribution in [2.24, 2.45) is 0 Å². The summed E-state index contributed by atoms with van der Waals surface area (Å²) in [4.78, 5) is 0. The molecule has 0 aliphatic heterocycles. The van der Waals surface area contributed by atoms with Gasteiger partial charge >= 0.3 is 0 Å². The number of rotatable bonds is 2. The van der Waals surface area contributed by atoms with Gasteiger partial charge in [0.1, 0.15) is 0 Å². The Kier molecular flexibility index (Phi) is 25.2. The molecule has 0 amide bonds. The predicted octanol–water partition coefficient (Wildman–Crippen LogP) is 13.9. The van der Waals surface area contributed by atoms with Crippen molar-refractivity contribution in [1.29, 1.82) is 0 Å². The molecular weight excluding hydrogens is 730 g/mol. The van der Waals surface area contributed by atoms with Crippen molar-refractivity contribution >= 4 is 0 Å². The summed E-state index contributed by atoms with van der Waals surface area (Å²) in [6, 6.07) is 14.3. The van der Waals surface area contributed by atoms with Gasteiger partial charge in [0.25, 0.3) is 0 Å². The van der Waals surface area contributed by atoms with Crippen molar-refractivity contribution in [1.82, 2.24) is 0 Å². The zero-order valence-electron chi connectivity index (χ0n) is 35.2. The second-order valence-corrected chi connectivity index (χ2v) is 12.0. The van der Waals surface area contributed by atoms with Crippen LogP contribution in [0.4, 0.5) is 0 Å². The maximum atomic E-state index is 3.58. The fraction of sp³-hybridized carbons (Fsp3) is 0.478. The van der Waals surface area contributed by atoms with Gasteiger partial charge in [0, 0.05) is 65.4 Å². The van der Waals surface area contributed by atoms with Crippen LogP contribution in [0.2, 0.25) is 0 Å². The zero-order valence-corrected chi connectivity index (χ0v) is 40.8. The summed E-state index contributed by atoms with van der Waals surface area (Å²) in [7, 11) is 0. The van der Waals surface area contributed by atoms with Crippen molar-refractivity contribution in [3.8, 4) is 22.3 Å².